The van der Waals surface area contributed by atoms with Crippen LogP contribution in [-0.4, -0.2) is 60.5 Å². The van der Waals surface area contributed by atoms with Gasteiger partial charge in [-0.25, -0.2) is 9.34 Å². The summed E-state index contributed by atoms with van der Waals surface area (Å²) in [6, 6.07) is 1.64. The summed E-state index contributed by atoms with van der Waals surface area (Å²) in [7, 11) is -0.891. The Bertz CT molecular complexity index is 537. The van der Waals surface area contributed by atoms with Crippen LogP contribution >= 0.6 is 32.0 Å². The van der Waals surface area contributed by atoms with E-state index in [1.807, 2.05) is 32.5 Å². The van der Waals surface area contributed by atoms with E-state index in [9.17, 15) is 4.79 Å². The van der Waals surface area contributed by atoms with Gasteiger partial charge in [-0.1, -0.05) is 32.5 Å². The van der Waals surface area contributed by atoms with E-state index in [2.05, 4.69) is 92.4 Å². The molecule has 0 saturated heterocycles. The van der Waals surface area contributed by atoms with E-state index in [1.54, 1.807) is 0 Å². The molecular formula is C25H53N2O2PS2. The molecule has 0 amide bonds. The van der Waals surface area contributed by atoms with Crippen molar-refractivity contribution in [3.63, 3.8) is 0 Å². The van der Waals surface area contributed by atoms with E-state index in [0.717, 1.165) is 5.75 Å². The standard InChI is InChI=1S/C25H53N2O2PS2/c1-18(2)26(19(3)4)30(27(20(5)6)21(7)8)29-16-24(12,13)32-25(14,15)17-31-22(28)23(9,10)11/h18-21H,16-17H2,1-15H3. The Balaban J connectivity index is 5.49. The number of thioether (sulfide) groups is 2. The monoisotopic (exact) mass is 508 g/mol. The van der Waals surface area contributed by atoms with Gasteiger partial charge in [-0.05, 0) is 83.1 Å². The molecule has 0 radical (unpaired) electrons. The number of nitrogens with zero attached hydrogens (tertiary/aromatic N) is 2. The number of hydrogen-bond acceptors (Lipinski definition) is 6. The van der Waals surface area contributed by atoms with E-state index in [4.69, 9.17) is 4.52 Å². The molecule has 32 heavy (non-hydrogen) atoms. The third-order valence-electron chi connectivity index (χ3n) is 4.75. The van der Waals surface area contributed by atoms with E-state index in [-0.39, 0.29) is 20.0 Å². The second kappa shape index (κ2) is 13.1. The Morgan fingerprint density at radius 1 is 0.750 bits per heavy atom. The molecular weight excluding hydrogens is 455 g/mol. The van der Waals surface area contributed by atoms with Crippen molar-refractivity contribution in [2.24, 2.45) is 5.41 Å². The number of rotatable bonds is 13. The molecule has 0 aliphatic carbocycles. The zero-order valence-corrected chi connectivity index (χ0v) is 26.2. The lowest BCUT2D eigenvalue weighted by atomic mass is 10.00. The Labute approximate surface area is 210 Å². The Morgan fingerprint density at radius 3 is 1.44 bits per heavy atom. The minimum atomic E-state index is -0.891. The maximum absolute atomic E-state index is 12.4. The van der Waals surface area contributed by atoms with Crippen LogP contribution in [0.5, 0.6) is 0 Å². The average molecular weight is 509 g/mol. The zero-order chi connectivity index (χ0) is 25.7. The van der Waals surface area contributed by atoms with Crippen molar-refractivity contribution in [3.05, 3.63) is 0 Å². The van der Waals surface area contributed by atoms with Gasteiger partial charge in [0.1, 0.15) is 0 Å². The SMILES string of the molecule is CC(C)N(C(C)C)P(OCC(C)(C)SC(C)(C)CSC(=O)C(C)(C)C)N(C(C)C)C(C)C. The molecule has 7 heteroatoms. The summed E-state index contributed by atoms with van der Waals surface area (Å²) in [5.74, 6) is 0.806. The van der Waals surface area contributed by atoms with E-state index < -0.39 is 8.45 Å². The van der Waals surface area contributed by atoms with Gasteiger partial charge >= 0.3 is 0 Å². The maximum Gasteiger partial charge on any atom is 0.194 e. The molecule has 0 unspecified atom stereocenters. The molecule has 0 atom stereocenters. The van der Waals surface area contributed by atoms with Gasteiger partial charge in [0.05, 0.1) is 6.61 Å². The highest BCUT2D eigenvalue weighted by molar-refractivity contribution is 8.14. The van der Waals surface area contributed by atoms with Crippen LogP contribution in [0, 0.1) is 5.41 Å². The van der Waals surface area contributed by atoms with Crippen molar-refractivity contribution < 1.29 is 9.32 Å². The Hall–Kier alpha value is 0.680. The van der Waals surface area contributed by atoms with Gasteiger partial charge in [-0.15, -0.1) is 11.8 Å². The fraction of sp³-hybridized carbons (Fsp3) is 0.960. The first kappa shape index (κ1) is 32.7. The van der Waals surface area contributed by atoms with Crippen molar-refractivity contribution in [2.45, 2.75) is 138 Å². The highest BCUT2D eigenvalue weighted by Crippen LogP contribution is 2.52. The van der Waals surface area contributed by atoms with E-state index in [0.29, 0.717) is 30.8 Å². The summed E-state index contributed by atoms with van der Waals surface area (Å²) < 4.78 is 11.8. The fourth-order valence-corrected chi connectivity index (χ4v) is 9.26. The smallest absolute Gasteiger partial charge is 0.194 e. The van der Waals surface area contributed by atoms with Crippen LogP contribution < -0.4 is 0 Å². The minimum Gasteiger partial charge on any atom is -0.330 e. The minimum absolute atomic E-state index is 0.0211. The maximum atomic E-state index is 12.4. The molecule has 0 aromatic rings. The van der Waals surface area contributed by atoms with E-state index >= 15 is 0 Å². The summed E-state index contributed by atoms with van der Waals surface area (Å²) in [6.45, 7) is 33.8. The zero-order valence-electron chi connectivity index (χ0n) is 23.7. The predicted octanol–water partition coefficient (Wildman–Crippen LogP) is 8.06. The summed E-state index contributed by atoms with van der Waals surface area (Å²) in [6.07, 6.45) is 0. The average Bonchev–Trinajstić information content (AvgIpc) is 2.54. The second-order valence-electron chi connectivity index (χ2n) is 12.1. The third kappa shape index (κ3) is 11.4. The Morgan fingerprint density at radius 2 is 1.12 bits per heavy atom. The van der Waals surface area contributed by atoms with Crippen LogP contribution in [0.4, 0.5) is 0 Å². The molecule has 0 aromatic carbocycles. The first-order valence-corrected chi connectivity index (χ1v) is 15.1. The van der Waals surface area contributed by atoms with Gasteiger partial charge < -0.3 is 4.52 Å². The fourth-order valence-electron chi connectivity index (χ4n) is 3.71. The summed E-state index contributed by atoms with van der Waals surface area (Å²) in [5, 5.41) is 0.262. The van der Waals surface area contributed by atoms with Crippen LogP contribution in [0.15, 0.2) is 0 Å². The van der Waals surface area contributed by atoms with E-state index in [1.165, 1.54) is 11.8 Å². The lowest BCUT2D eigenvalue weighted by molar-refractivity contribution is -0.117. The predicted molar refractivity (Wildman–Crippen MR) is 150 cm³/mol. The quantitative estimate of drug-likeness (QED) is 0.234. The lowest BCUT2D eigenvalue weighted by Gasteiger charge is -2.46. The normalized spacial score (nSPS) is 14.3. The van der Waals surface area contributed by atoms with Gasteiger partial charge in [0.2, 0.25) is 0 Å². The molecule has 0 aliphatic heterocycles. The molecule has 0 heterocycles. The number of hydrogen-bond donors (Lipinski definition) is 0. The molecule has 0 aliphatic rings. The third-order valence-corrected chi connectivity index (χ3v) is 11.0. The van der Waals surface area contributed by atoms with Gasteiger partial charge in [-0.3, -0.25) is 4.79 Å². The summed E-state index contributed by atoms with van der Waals surface area (Å²) >= 11 is 3.40. The molecule has 0 N–H and O–H groups in total. The van der Waals surface area contributed by atoms with Gasteiger partial charge in [0.15, 0.2) is 13.6 Å². The summed E-state index contributed by atoms with van der Waals surface area (Å²) in [4.78, 5) is 12.4. The van der Waals surface area contributed by atoms with Crippen LogP contribution in [0.3, 0.4) is 0 Å². The largest absolute Gasteiger partial charge is 0.330 e. The van der Waals surface area contributed by atoms with Crippen LogP contribution in [0.2, 0.25) is 0 Å². The number of carbonyl (C=O) groups is 1. The second-order valence-corrected chi connectivity index (χ2v) is 17.2. The van der Waals surface area contributed by atoms with Crippen molar-refractivity contribution in [1.29, 1.82) is 0 Å². The first-order chi connectivity index (χ1) is 14.2. The van der Waals surface area contributed by atoms with Crippen LogP contribution in [0.1, 0.15) is 104 Å². The van der Waals surface area contributed by atoms with Crippen molar-refractivity contribution >= 4 is 37.1 Å². The molecule has 4 nitrogen and oxygen atoms in total. The molecule has 0 bridgehead atoms. The van der Waals surface area contributed by atoms with Crippen LogP contribution in [0.25, 0.3) is 0 Å². The topological polar surface area (TPSA) is 32.8 Å². The first-order valence-electron chi connectivity index (χ1n) is 12.1. The highest BCUT2D eigenvalue weighted by Gasteiger charge is 2.38. The van der Waals surface area contributed by atoms with Crippen LogP contribution in [-0.2, 0) is 9.32 Å². The molecule has 0 spiro atoms. The van der Waals surface area contributed by atoms with Crippen molar-refractivity contribution in [3.8, 4) is 0 Å². The van der Waals surface area contributed by atoms with Gasteiger partial charge in [0.25, 0.3) is 0 Å². The number of carbonyl (C=O) groups excluding carboxylic acids is 1. The Kier molecular flexibility index (Phi) is 13.4. The van der Waals surface area contributed by atoms with Gasteiger partial charge in [0, 0.05) is 44.8 Å². The molecule has 0 saturated carbocycles. The van der Waals surface area contributed by atoms with Crippen molar-refractivity contribution in [1.82, 2.24) is 9.34 Å². The van der Waals surface area contributed by atoms with Gasteiger partial charge in [-0.2, -0.15) is 0 Å². The molecule has 0 rings (SSSR count). The lowest BCUT2D eigenvalue weighted by Crippen LogP contribution is -2.44. The molecule has 0 aromatic heterocycles. The molecule has 192 valence electrons. The summed E-state index contributed by atoms with van der Waals surface area (Å²) in [5.41, 5.74) is -0.297. The molecule has 0 fully saturated rings. The van der Waals surface area contributed by atoms with Crippen molar-refractivity contribution in [2.75, 3.05) is 12.4 Å². The highest BCUT2D eigenvalue weighted by atomic mass is 32.2.